The SMILES string of the molecule is COc1cc(-c2c3c(OC(F)F)cc(-c4cnn(C)c4)cc3nn2C)cc(OC(F)F)c1C(=O)N1CC(O)(C(F)(F)F)C1. The number of hydrogen-bond acceptors (Lipinski definition) is 7. The van der Waals surface area contributed by atoms with Crippen LogP contribution in [0.5, 0.6) is 17.2 Å². The first-order chi connectivity index (χ1) is 20.1. The van der Waals surface area contributed by atoms with E-state index in [-0.39, 0.29) is 33.7 Å². The fourth-order valence-electron chi connectivity index (χ4n) is 4.90. The number of hydrogen-bond donors (Lipinski definition) is 1. The average molecular weight is 617 g/mol. The molecule has 230 valence electrons. The Labute approximate surface area is 237 Å². The standard InChI is InChI=1S/C26H22F7N5O5/c1-36-9-14(8-34-36)12-4-15-19(17(5-12)42-23(27)28)21(37(2)35-15)13-6-16(41-3)20(18(7-13)43-24(29)30)22(39)38-10-25(40,11-38)26(31,32)33/h4-9,23-24,40H,10-11H2,1-3H3. The van der Waals surface area contributed by atoms with E-state index >= 15 is 0 Å². The van der Waals surface area contributed by atoms with E-state index in [1.54, 1.807) is 19.3 Å². The Morgan fingerprint density at radius 2 is 1.56 bits per heavy atom. The number of alkyl halides is 7. The maximum absolute atomic E-state index is 13.5. The second-order valence-corrected chi connectivity index (χ2v) is 9.74. The molecule has 1 aliphatic heterocycles. The number of fused-ring (bicyclic) bond motifs is 1. The van der Waals surface area contributed by atoms with E-state index < -0.39 is 55.3 Å². The zero-order chi connectivity index (χ0) is 31.4. The predicted molar refractivity (Wildman–Crippen MR) is 135 cm³/mol. The molecule has 2 aromatic heterocycles. The summed E-state index contributed by atoms with van der Waals surface area (Å²) in [6, 6.07) is 5.08. The molecule has 0 spiro atoms. The predicted octanol–water partition coefficient (Wildman–Crippen LogP) is 4.60. The van der Waals surface area contributed by atoms with Crippen LogP contribution in [-0.2, 0) is 14.1 Å². The molecule has 1 saturated heterocycles. The van der Waals surface area contributed by atoms with Gasteiger partial charge in [-0.1, -0.05) is 0 Å². The molecular weight excluding hydrogens is 595 g/mol. The number of methoxy groups -OCH3 is 1. The third-order valence-corrected chi connectivity index (χ3v) is 6.86. The van der Waals surface area contributed by atoms with Gasteiger partial charge >= 0.3 is 19.4 Å². The molecule has 0 radical (unpaired) electrons. The van der Waals surface area contributed by atoms with Gasteiger partial charge in [-0.3, -0.25) is 14.2 Å². The molecule has 4 aromatic rings. The number of aliphatic hydroxyl groups is 1. The Balaban J connectivity index is 1.66. The van der Waals surface area contributed by atoms with E-state index in [0.717, 1.165) is 13.2 Å². The number of aromatic nitrogens is 4. The van der Waals surface area contributed by atoms with Crippen LogP contribution in [0.25, 0.3) is 33.3 Å². The lowest BCUT2D eigenvalue weighted by molar-refractivity contribution is -0.294. The van der Waals surface area contributed by atoms with Crippen molar-refractivity contribution in [3.8, 4) is 39.6 Å². The minimum Gasteiger partial charge on any atom is -0.496 e. The Morgan fingerprint density at radius 3 is 2.12 bits per heavy atom. The monoisotopic (exact) mass is 617 g/mol. The molecule has 1 aliphatic rings. The molecule has 0 saturated carbocycles. The van der Waals surface area contributed by atoms with Crippen LogP contribution in [0.3, 0.4) is 0 Å². The number of likely N-dealkylation sites (tertiary alicyclic amines) is 1. The molecule has 1 fully saturated rings. The fourth-order valence-corrected chi connectivity index (χ4v) is 4.90. The third kappa shape index (κ3) is 5.39. The zero-order valence-electron chi connectivity index (χ0n) is 22.5. The lowest BCUT2D eigenvalue weighted by Crippen LogP contribution is -2.70. The summed E-state index contributed by atoms with van der Waals surface area (Å²) >= 11 is 0. The largest absolute Gasteiger partial charge is 0.496 e. The van der Waals surface area contributed by atoms with E-state index in [1.807, 2.05) is 0 Å². The molecule has 2 aromatic carbocycles. The van der Waals surface area contributed by atoms with E-state index in [1.165, 1.54) is 34.7 Å². The van der Waals surface area contributed by atoms with Crippen molar-refractivity contribution in [3.05, 3.63) is 42.2 Å². The highest BCUT2D eigenvalue weighted by atomic mass is 19.4. The van der Waals surface area contributed by atoms with Crippen LogP contribution < -0.4 is 14.2 Å². The molecule has 10 nitrogen and oxygen atoms in total. The quantitative estimate of drug-likeness (QED) is 0.289. The van der Waals surface area contributed by atoms with Gasteiger partial charge in [0.25, 0.3) is 5.91 Å². The molecule has 0 unspecified atom stereocenters. The summed E-state index contributed by atoms with van der Waals surface area (Å²) in [5.41, 5.74) is -2.52. The first-order valence-corrected chi connectivity index (χ1v) is 12.3. The number of ether oxygens (including phenoxy) is 3. The second kappa shape index (κ2) is 10.6. The van der Waals surface area contributed by atoms with Crippen molar-refractivity contribution in [1.29, 1.82) is 0 Å². The number of carbonyl (C=O) groups is 1. The molecular formula is C26H22F7N5O5. The fraction of sp³-hybridized carbons (Fsp3) is 0.346. The smallest absolute Gasteiger partial charge is 0.420 e. The molecule has 1 N–H and O–H groups in total. The number of amides is 1. The Kier molecular flexibility index (Phi) is 7.40. The van der Waals surface area contributed by atoms with Gasteiger partial charge in [0.15, 0.2) is 5.60 Å². The first-order valence-electron chi connectivity index (χ1n) is 12.3. The molecule has 17 heteroatoms. The number of halogens is 7. The van der Waals surface area contributed by atoms with Crippen molar-refractivity contribution in [2.24, 2.45) is 14.1 Å². The van der Waals surface area contributed by atoms with Gasteiger partial charge in [0.05, 0.1) is 43.0 Å². The number of benzene rings is 2. The van der Waals surface area contributed by atoms with E-state index in [4.69, 9.17) is 9.47 Å². The van der Waals surface area contributed by atoms with Gasteiger partial charge < -0.3 is 24.2 Å². The maximum Gasteiger partial charge on any atom is 0.420 e. The van der Waals surface area contributed by atoms with E-state index in [9.17, 15) is 40.6 Å². The normalized spacial score (nSPS) is 14.9. The minimum atomic E-state index is -5.03. The summed E-state index contributed by atoms with van der Waals surface area (Å²) in [5, 5.41) is 18.2. The molecule has 43 heavy (non-hydrogen) atoms. The van der Waals surface area contributed by atoms with Crippen LogP contribution in [-0.4, -0.2) is 80.7 Å². The molecule has 0 aliphatic carbocycles. The summed E-state index contributed by atoms with van der Waals surface area (Å²) in [6.07, 6.45) is -1.89. The summed E-state index contributed by atoms with van der Waals surface area (Å²) in [5.74, 6) is -2.63. The Bertz CT molecular complexity index is 1700. The number of β-amino-alcohol motifs (C(OH)–C–C–N with tert-alkyl or cyclic N) is 1. The van der Waals surface area contributed by atoms with Crippen molar-refractivity contribution in [3.63, 3.8) is 0 Å². The van der Waals surface area contributed by atoms with Gasteiger partial charge in [-0.25, -0.2) is 0 Å². The number of nitrogens with zero attached hydrogens (tertiary/aromatic N) is 5. The molecule has 0 bridgehead atoms. The van der Waals surface area contributed by atoms with E-state index in [0.29, 0.717) is 16.0 Å². The summed E-state index contributed by atoms with van der Waals surface area (Å²) < 4.78 is 111. The van der Waals surface area contributed by atoms with Crippen LogP contribution in [0, 0.1) is 0 Å². The van der Waals surface area contributed by atoms with Crippen molar-refractivity contribution < 1.29 is 54.8 Å². The topological polar surface area (TPSA) is 104 Å². The summed E-state index contributed by atoms with van der Waals surface area (Å²) in [4.78, 5) is 13.8. The van der Waals surface area contributed by atoms with Crippen LogP contribution in [0.1, 0.15) is 10.4 Å². The highest BCUT2D eigenvalue weighted by Crippen LogP contribution is 2.45. The first kappa shape index (κ1) is 29.9. The molecule has 3 heterocycles. The lowest BCUT2D eigenvalue weighted by Gasteiger charge is -2.47. The number of rotatable bonds is 8. The maximum atomic E-state index is 13.5. The van der Waals surface area contributed by atoms with Gasteiger partial charge in [-0.05, 0) is 29.8 Å². The highest BCUT2D eigenvalue weighted by Gasteiger charge is 2.62. The van der Waals surface area contributed by atoms with Crippen LogP contribution in [0.15, 0.2) is 36.7 Å². The van der Waals surface area contributed by atoms with Gasteiger partial charge in [0, 0.05) is 31.4 Å². The van der Waals surface area contributed by atoms with Gasteiger partial charge in [0.1, 0.15) is 22.8 Å². The Morgan fingerprint density at radius 1 is 0.953 bits per heavy atom. The third-order valence-electron chi connectivity index (χ3n) is 6.86. The molecule has 5 rings (SSSR count). The van der Waals surface area contributed by atoms with Crippen molar-refractivity contribution in [1.82, 2.24) is 24.5 Å². The van der Waals surface area contributed by atoms with Crippen LogP contribution in [0.4, 0.5) is 30.7 Å². The minimum absolute atomic E-state index is 0.0118. The van der Waals surface area contributed by atoms with Crippen LogP contribution >= 0.6 is 0 Å². The van der Waals surface area contributed by atoms with Crippen molar-refractivity contribution in [2.75, 3.05) is 20.2 Å². The zero-order valence-corrected chi connectivity index (χ0v) is 22.5. The lowest BCUT2D eigenvalue weighted by atomic mass is 9.92. The number of aryl methyl sites for hydroxylation is 2. The second-order valence-electron chi connectivity index (χ2n) is 9.74. The summed E-state index contributed by atoms with van der Waals surface area (Å²) in [6.45, 7) is -9.01. The van der Waals surface area contributed by atoms with Crippen LogP contribution in [0.2, 0.25) is 0 Å². The van der Waals surface area contributed by atoms with Gasteiger partial charge in [-0.2, -0.15) is 40.9 Å². The Hall–Kier alpha value is -4.54. The van der Waals surface area contributed by atoms with Gasteiger partial charge in [0.2, 0.25) is 0 Å². The average Bonchev–Trinajstić information content (AvgIpc) is 3.46. The summed E-state index contributed by atoms with van der Waals surface area (Å²) in [7, 11) is 4.19. The van der Waals surface area contributed by atoms with E-state index in [2.05, 4.69) is 14.9 Å². The molecule has 0 atom stereocenters. The van der Waals surface area contributed by atoms with Crippen molar-refractivity contribution >= 4 is 16.8 Å². The van der Waals surface area contributed by atoms with Gasteiger partial charge in [-0.15, -0.1) is 0 Å². The number of carbonyl (C=O) groups excluding carboxylic acids is 1. The molecule has 1 amide bonds. The van der Waals surface area contributed by atoms with Crippen molar-refractivity contribution in [2.45, 2.75) is 25.0 Å². The highest BCUT2D eigenvalue weighted by molar-refractivity contribution is 6.04.